The Morgan fingerprint density at radius 2 is 0.567 bits per heavy atom. The van der Waals surface area contributed by atoms with E-state index in [-0.39, 0.29) is 38.6 Å². The highest BCUT2D eigenvalue weighted by atomic mass is 31.2. The summed E-state index contributed by atoms with van der Waals surface area (Å²) in [6.07, 6.45) is 111. The normalized spacial score (nSPS) is 13.2. The first-order valence-corrected chi connectivity index (χ1v) is 43.9. The first kappa shape index (κ1) is 94.5. The van der Waals surface area contributed by atoms with Gasteiger partial charge in [-0.2, -0.15) is 0 Å². The fraction of sp³-hybridized carbons (Fsp3) is 0.839. The molecule has 0 radical (unpaired) electrons. The summed E-state index contributed by atoms with van der Waals surface area (Å²) < 4.78 is 33.3. The molecule has 0 aromatic rings. The average molecular weight is 1380 g/mol. The van der Waals surface area contributed by atoms with Crippen LogP contribution in [0.1, 0.15) is 438 Å². The average Bonchev–Trinajstić information content (AvgIpc) is 2.17. The Kier molecular flexibility index (Phi) is 80.2. The smallest absolute Gasteiger partial charge is 0.462 e. The molecule has 0 aliphatic rings. The van der Waals surface area contributed by atoms with Crippen LogP contribution in [0.4, 0.5) is 0 Å². The molecule has 2 atom stereocenters. The minimum atomic E-state index is -4.40. The number of esters is 2. The van der Waals surface area contributed by atoms with Crippen LogP contribution in [0.15, 0.2) is 72.9 Å². The van der Waals surface area contributed by atoms with Crippen LogP contribution in [0, 0.1) is 0 Å². The van der Waals surface area contributed by atoms with E-state index in [9.17, 15) is 19.0 Å². The summed E-state index contributed by atoms with van der Waals surface area (Å²) in [6.45, 7) is 3.71. The van der Waals surface area contributed by atoms with Gasteiger partial charge in [0.25, 0.3) is 0 Å². The molecular weight excluding hydrogens is 1220 g/mol. The van der Waals surface area contributed by atoms with Gasteiger partial charge in [-0.05, 0) is 64.2 Å². The molecule has 568 valence electrons. The van der Waals surface area contributed by atoms with Gasteiger partial charge in [-0.1, -0.05) is 433 Å². The quantitative estimate of drug-likeness (QED) is 0.0264. The van der Waals surface area contributed by atoms with E-state index in [1.54, 1.807) is 0 Å². The Labute approximate surface area is 602 Å². The molecule has 0 amide bonds. The molecule has 0 spiro atoms. The van der Waals surface area contributed by atoms with Crippen LogP contribution in [0.5, 0.6) is 0 Å². The number of hydrogen-bond donors (Lipinski definition) is 2. The Bertz CT molecular complexity index is 1830. The summed E-state index contributed by atoms with van der Waals surface area (Å²) in [5.41, 5.74) is 5.42. The molecule has 2 unspecified atom stereocenters. The number of ether oxygens (including phenoxy) is 2. The minimum Gasteiger partial charge on any atom is -0.462 e. The summed E-state index contributed by atoms with van der Waals surface area (Å²) in [5.74, 6) is -0.805. The van der Waals surface area contributed by atoms with E-state index in [1.165, 1.54) is 334 Å². The third kappa shape index (κ3) is 82.3. The topological polar surface area (TPSA) is 134 Å². The van der Waals surface area contributed by atoms with Crippen molar-refractivity contribution in [3.8, 4) is 0 Å². The maximum Gasteiger partial charge on any atom is 0.472 e. The second kappa shape index (κ2) is 82.4. The van der Waals surface area contributed by atoms with Gasteiger partial charge in [0.05, 0.1) is 13.2 Å². The summed E-state index contributed by atoms with van der Waals surface area (Å²) in [6, 6.07) is 0. The molecule has 0 aromatic carbocycles. The van der Waals surface area contributed by atoms with E-state index >= 15 is 0 Å². The molecule has 0 saturated carbocycles. The van der Waals surface area contributed by atoms with Gasteiger partial charge in [0, 0.05) is 19.4 Å². The summed E-state index contributed by atoms with van der Waals surface area (Å²) in [7, 11) is -4.40. The number of carbonyl (C=O) groups excluding carboxylic acids is 2. The number of rotatable bonds is 81. The van der Waals surface area contributed by atoms with Crippen molar-refractivity contribution in [1.29, 1.82) is 0 Å². The highest BCUT2D eigenvalue weighted by Gasteiger charge is 2.26. The van der Waals surface area contributed by atoms with Crippen LogP contribution in [-0.2, 0) is 32.7 Å². The van der Waals surface area contributed by atoms with E-state index in [1.807, 2.05) is 0 Å². The zero-order chi connectivity index (χ0) is 70.0. The van der Waals surface area contributed by atoms with E-state index < -0.39 is 26.5 Å². The van der Waals surface area contributed by atoms with Crippen molar-refractivity contribution >= 4 is 19.8 Å². The molecule has 0 rings (SSSR count). The molecule has 0 fully saturated rings. The molecule has 10 heteroatoms. The number of phosphoric acid groups is 1. The number of phosphoric ester groups is 1. The molecular formula is C87H162NO8P. The minimum absolute atomic E-state index is 0.0547. The molecule has 0 aliphatic heterocycles. The van der Waals surface area contributed by atoms with Crippen LogP contribution >= 0.6 is 7.82 Å². The van der Waals surface area contributed by atoms with E-state index in [2.05, 4.69) is 86.8 Å². The second-order valence-electron chi connectivity index (χ2n) is 28.7. The maximum atomic E-state index is 12.8. The molecule has 9 nitrogen and oxygen atoms in total. The molecule has 0 bridgehead atoms. The van der Waals surface area contributed by atoms with Gasteiger partial charge >= 0.3 is 19.8 Å². The van der Waals surface area contributed by atoms with Crippen molar-refractivity contribution in [2.24, 2.45) is 5.73 Å². The van der Waals surface area contributed by atoms with Crippen LogP contribution in [0.2, 0.25) is 0 Å². The van der Waals surface area contributed by atoms with Gasteiger partial charge in [-0.3, -0.25) is 18.6 Å². The second-order valence-corrected chi connectivity index (χ2v) is 30.1. The largest absolute Gasteiger partial charge is 0.472 e. The Morgan fingerprint density at radius 3 is 0.845 bits per heavy atom. The lowest BCUT2D eigenvalue weighted by Gasteiger charge is -2.19. The summed E-state index contributed by atoms with van der Waals surface area (Å²) in [5, 5.41) is 0. The molecule has 0 aromatic heterocycles. The fourth-order valence-electron chi connectivity index (χ4n) is 12.9. The lowest BCUT2D eigenvalue weighted by Crippen LogP contribution is -2.29. The third-order valence-corrected chi connectivity index (χ3v) is 20.1. The first-order chi connectivity index (χ1) is 47.8. The number of allylic oxidation sites excluding steroid dienone is 12. The molecule has 97 heavy (non-hydrogen) atoms. The summed E-state index contributed by atoms with van der Waals surface area (Å²) >= 11 is 0. The lowest BCUT2D eigenvalue weighted by molar-refractivity contribution is -0.161. The third-order valence-electron chi connectivity index (χ3n) is 19.1. The summed E-state index contributed by atoms with van der Waals surface area (Å²) in [4.78, 5) is 35.5. The van der Waals surface area contributed by atoms with Gasteiger partial charge in [0.1, 0.15) is 6.61 Å². The van der Waals surface area contributed by atoms with Gasteiger partial charge in [-0.15, -0.1) is 0 Å². The van der Waals surface area contributed by atoms with Crippen molar-refractivity contribution < 1.29 is 37.6 Å². The Balaban J connectivity index is 3.74. The molecule has 3 N–H and O–H groups in total. The van der Waals surface area contributed by atoms with Gasteiger partial charge < -0.3 is 20.1 Å². The Morgan fingerprint density at radius 1 is 0.320 bits per heavy atom. The van der Waals surface area contributed by atoms with Crippen LogP contribution in [0.25, 0.3) is 0 Å². The number of unbranched alkanes of at least 4 members (excludes halogenated alkanes) is 56. The SMILES string of the molecule is CC/C=C\C/C=C\C/C=C\C/C=C\C/C=C\C/C=C\CCCCCCCCCCCCCCCCCCCCC(=O)OC(COC(=O)CCCCCCCCCCCCCCCCCCCCCCCCCCCCCCCCCCCCCCCCC)COP(=O)(O)OCCN. The van der Waals surface area contributed by atoms with E-state index in [0.29, 0.717) is 6.42 Å². The van der Waals surface area contributed by atoms with Crippen molar-refractivity contribution in [2.75, 3.05) is 26.4 Å². The number of carbonyl (C=O) groups is 2. The van der Waals surface area contributed by atoms with Crippen LogP contribution in [0.3, 0.4) is 0 Å². The number of nitrogens with two attached hydrogens (primary N) is 1. The predicted octanol–water partition coefficient (Wildman–Crippen LogP) is 28.7. The number of hydrogen-bond acceptors (Lipinski definition) is 8. The van der Waals surface area contributed by atoms with Crippen LogP contribution < -0.4 is 5.73 Å². The standard InChI is InChI=1S/C87H162NO8P/c1-3-5-7-9-11-13-15-17-19-21-23-25-27-29-31-33-35-37-39-41-42-44-45-47-49-51-53-55-57-59-61-63-65-67-69-71-73-75-77-79-86(89)93-83-85(84-95-97(91,92)94-82-81-88)96-87(90)80-78-76-74-72-70-68-66-64-62-60-58-56-54-52-50-48-46-43-40-38-36-34-32-30-28-26-24-22-20-18-16-14-12-10-8-6-4-2/h6,8,12,14,18,20,24,26,30,32,36,38,85H,3-5,7,9-11,13,15-17,19,21-23,25,27-29,31,33-35,37,39-84,88H2,1-2H3,(H,91,92)/b8-6-,14-12-,20-18-,26-24-,32-30-,38-36-. The van der Waals surface area contributed by atoms with Crippen LogP contribution in [-0.4, -0.2) is 49.3 Å². The molecule has 0 heterocycles. The zero-order valence-corrected chi connectivity index (χ0v) is 65.2. The van der Waals surface area contributed by atoms with Gasteiger partial charge in [0.2, 0.25) is 0 Å². The van der Waals surface area contributed by atoms with Crippen molar-refractivity contribution in [1.82, 2.24) is 0 Å². The maximum absolute atomic E-state index is 12.8. The first-order valence-electron chi connectivity index (χ1n) is 42.4. The monoisotopic (exact) mass is 1380 g/mol. The van der Waals surface area contributed by atoms with Crippen molar-refractivity contribution in [3.05, 3.63) is 72.9 Å². The predicted molar refractivity (Wildman–Crippen MR) is 423 cm³/mol. The van der Waals surface area contributed by atoms with Gasteiger partial charge in [0.15, 0.2) is 6.10 Å². The molecule has 0 aliphatic carbocycles. The lowest BCUT2D eigenvalue weighted by atomic mass is 10.0. The highest BCUT2D eigenvalue weighted by molar-refractivity contribution is 7.47. The van der Waals surface area contributed by atoms with E-state index in [0.717, 1.165) is 70.6 Å². The van der Waals surface area contributed by atoms with Crippen molar-refractivity contribution in [3.63, 3.8) is 0 Å². The van der Waals surface area contributed by atoms with Gasteiger partial charge in [-0.25, -0.2) is 4.57 Å². The molecule has 0 saturated heterocycles. The fourth-order valence-corrected chi connectivity index (χ4v) is 13.6. The van der Waals surface area contributed by atoms with Crippen molar-refractivity contribution in [2.45, 2.75) is 444 Å². The van der Waals surface area contributed by atoms with E-state index in [4.69, 9.17) is 24.3 Å². The highest BCUT2D eigenvalue weighted by Crippen LogP contribution is 2.43. The Hall–Kier alpha value is -2.55. The zero-order valence-electron chi connectivity index (χ0n) is 64.3.